The van der Waals surface area contributed by atoms with Crippen LogP contribution < -0.4 is 10.6 Å². The van der Waals surface area contributed by atoms with Gasteiger partial charge in [0.1, 0.15) is 17.9 Å². The van der Waals surface area contributed by atoms with Gasteiger partial charge in [0.15, 0.2) is 11.6 Å². The molecule has 0 radical (unpaired) electrons. The van der Waals surface area contributed by atoms with Crippen molar-refractivity contribution in [2.75, 3.05) is 40.1 Å². The molecule has 1 aromatic rings. The second-order valence-corrected chi connectivity index (χ2v) is 15.2. The Balaban J connectivity index is 2.27. The zero-order valence-electron chi connectivity index (χ0n) is 32.1. The van der Waals surface area contributed by atoms with Crippen LogP contribution in [0.1, 0.15) is 78.8 Å². The molecule has 306 valence electrons. The van der Waals surface area contributed by atoms with Crippen molar-refractivity contribution in [3.05, 3.63) is 18.2 Å². The summed E-state index contributed by atoms with van der Waals surface area (Å²) in [7, 11) is -3.45. The molecule has 0 bridgehead atoms. The average molecular weight is 788 g/mol. The van der Waals surface area contributed by atoms with E-state index < -0.39 is 86.1 Å². The monoisotopic (exact) mass is 787 g/mol. The number of aryl methyl sites for hydroxylation is 1. The number of phosphoric ester groups is 1. The van der Waals surface area contributed by atoms with Crippen LogP contribution in [0.15, 0.2) is 12.5 Å². The van der Waals surface area contributed by atoms with Crippen molar-refractivity contribution in [2.24, 2.45) is 17.8 Å². The Morgan fingerprint density at radius 1 is 1.02 bits per heavy atom. The van der Waals surface area contributed by atoms with Crippen LogP contribution in [0.4, 0.5) is 0 Å². The van der Waals surface area contributed by atoms with Crippen molar-refractivity contribution in [3.8, 4) is 0 Å². The van der Waals surface area contributed by atoms with Gasteiger partial charge in [0.05, 0.1) is 63.2 Å². The molecule has 1 aliphatic rings. The zero-order chi connectivity index (χ0) is 40.6. The lowest BCUT2D eigenvalue weighted by Crippen LogP contribution is -2.52. The molecule has 19 heteroatoms. The van der Waals surface area contributed by atoms with Crippen LogP contribution in [0, 0.1) is 17.8 Å². The van der Waals surface area contributed by atoms with Crippen LogP contribution in [0.25, 0.3) is 0 Å². The van der Waals surface area contributed by atoms with Crippen molar-refractivity contribution in [1.82, 2.24) is 25.1 Å². The van der Waals surface area contributed by atoms with E-state index in [1.807, 2.05) is 20.8 Å². The first-order valence-electron chi connectivity index (χ1n) is 18.3. The number of aromatic nitrogens is 2. The summed E-state index contributed by atoms with van der Waals surface area (Å²) in [6.07, 6.45) is 2.17. The number of methoxy groups -OCH3 is 1. The van der Waals surface area contributed by atoms with E-state index in [0.29, 0.717) is 44.8 Å². The molecule has 0 spiro atoms. The summed E-state index contributed by atoms with van der Waals surface area (Å²) in [6.45, 7) is 8.90. The summed E-state index contributed by atoms with van der Waals surface area (Å²) in [6, 6.07) is -3.29. The number of Topliss-reactive ketones (excluding diaryl/α,β-unsaturated/α-hetero) is 3. The zero-order valence-corrected chi connectivity index (χ0v) is 33.0. The predicted octanol–water partition coefficient (Wildman–Crippen LogP) is 0.735. The van der Waals surface area contributed by atoms with E-state index in [1.165, 1.54) is 11.8 Å². The van der Waals surface area contributed by atoms with E-state index in [2.05, 4.69) is 20.1 Å². The van der Waals surface area contributed by atoms with Crippen LogP contribution in [0.5, 0.6) is 0 Å². The number of hydrogen-bond donors (Lipinski definition) is 5. The van der Waals surface area contributed by atoms with Gasteiger partial charge in [-0.1, -0.05) is 13.8 Å². The van der Waals surface area contributed by atoms with Gasteiger partial charge in [-0.15, -0.1) is 0 Å². The molecule has 0 unspecified atom stereocenters. The number of amides is 3. The fourth-order valence-corrected chi connectivity index (χ4v) is 6.98. The molecule has 2 heterocycles. The molecule has 54 heavy (non-hydrogen) atoms. The molecular formula is C35H58N5O13P. The number of carbonyl (C=O) groups is 6. The Bertz CT molecular complexity index is 1460. The average Bonchev–Trinajstić information content (AvgIpc) is 3.77. The van der Waals surface area contributed by atoms with Crippen LogP contribution in [-0.4, -0.2) is 129 Å². The number of ketones is 3. The SMILES string of the molecule is CCn1cncc1C[C@H](CC(=O)[C@H](CC(C)C)NC(=O)[C@@H]1CCCN1C(=O)CCOCCOC)C(=O)N[C@@H](CO)C(=O)C[C@H](C(C)=O)[C@@H](C)OP(=O)(O)O. The van der Waals surface area contributed by atoms with Crippen molar-refractivity contribution < 1.29 is 62.2 Å². The molecule has 5 N–H and O–H groups in total. The predicted molar refractivity (Wildman–Crippen MR) is 194 cm³/mol. The highest BCUT2D eigenvalue weighted by atomic mass is 31.2. The highest BCUT2D eigenvalue weighted by Crippen LogP contribution is 2.39. The van der Waals surface area contributed by atoms with Gasteiger partial charge in [-0.25, -0.2) is 9.55 Å². The van der Waals surface area contributed by atoms with Gasteiger partial charge < -0.3 is 44.5 Å². The second kappa shape index (κ2) is 22.9. The first kappa shape index (κ1) is 46.8. The topological polar surface area (TPSA) is 253 Å². The normalized spacial score (nSPS) is 17.4. The molecule has 1 aliphatic heterocycles. The largest absolute Gasteiger partial charge is 0.469 e. The maximum atomic E-state index is 14.0. The van der Waals surface area contributed by atoms with Crippen LogP contribution in [0.2, 0.25) is 0 Å². The molecule has 1 saturated heterocycles. The molecule has 3 amide bonds. The quantitative estimate of drug-likeness (QED) is 0.0642. The Labute approximate surface area is 316 Å². The number of imidazole rings is 1. The first-order valence-corrected chi connectivity index (χ1v) is 19.8. The number of carbonyl (C=O) groups excluding carboxylic acids is 6. The van der Waals surface area contributed by atoms with Gasteiger partial charge in [0.25, 0.3) is 0 Å². The van der Waals surface area contributed by atoms with Crippen molar-refractivity contribution in [2.45, 2.75) is 110 Å². The lowest BCUT2D eigenvalue weighted by Gasteiger charge is -2.28. The summed E-state index contributed by atoms with van der Waals surface area (Å²) in [4.78, 5) is 104. The number of ether oxygens (including phenoxy) is 2. The van der Waals surface area contributed by atoms with E-state index >= 15 is 0 Å². The van der Waals surface area contributed by atoms with Crippen molar-refractivity contribution >= 4 is 42.9 Å². The maximum Gasteiger partial charge on any atom is 0.469 e. The Kier molecular flexibility index (Phi) is 19.8. The summed E-state index contributed by atoms with van der Waals surface area (Å²) >= 11 is 0. The number of rotatable bonds is 26. The fraction of sp³-hybridized carbons (Fsp3) is 0.743. The van der Waals surface area contributed by atoms with Gasteiger partial charge in [-0.3, -0.25) is 33.3 Å². The molecular weight excluding hydrogens is 729 g/mol. The highest BCUT2D eigenvalue weighted by Gasteiger charge is 2.38. The van der Waals surface area contributed by atoms with E-state index in [1.54, 1.807) is 24.2 Å². The third kappa shape index (κ3) is 15.4. The van der Waals surface area contributed by atoms with Gasteiger partial charge in [0, 0.05) is 51.4 Å². The number of nitrogens with one attached hydrogen (secondary N) is 2. The third-order valence-electron chi connectivity index (χ3n) is 9.29. The number of nitrogens with zero attached hydrogens (tertiary/aromatic N) is 3. The van der Waals surface area contributed by atoms with E-state index in [0.717, 1.165) is 6.92 Å². The van der Waals surface area contributed by atoms with Gasteiger partial charge >= 0.3 is 7.82 Å². The molecule has 1 fully saturated rings. The Morgan fingerprint density at radius 3 is 2.30 bits per heavy atom. The first-order chi connectivity index (χ1) is 25.4. The fourth-order valence-electron chi connectivity index (χ4n) is 6.40. The van der Waals surface area contributed by atoms with Crippen LogP contribution in [0.3, 0.4) is 0 Å². The second-order valence-electron chi connectivity index (χ2n) is 14.0. The third-order valence-corrected chi connectivity index (χ3v) is 9.90. The molecule has 18 nitrogen and oxygen atoms in total. The molecule has 1 aromatic heterocycles. The number of phosphoric acid groups is 1. The summed E-state index contributed by atoms with van der Waals surface area (Å²) in [5.41, 5.74) is 0.619. The van der Waals surface area contributed by atoms with E-state index in [9.17, 15) is 48.2 Å². The van der Waals surface area contributed by atoms with Crippen LogP contribution >= 0.6 is 7.82 Å². The van der Waals surface area contributed by atoms with E-state index in [4.69, 9.17) is 9.47 Å². The summed E-state index contributed by atoms with van der Waals surface area (Å²) in [5, 5.41) is 15.4. The maximum absolute atomic E-state index is 14.0. The minimum atomic E-state index is -5.00. The number of aliphatic hydroxyl groups is 1. The standard InChI is InChI=1S/C35H58N5O13P/c1-7-39-21-36-19-26(39)16-25(34(46)38-29(20-41)32(44)18-27(23(4)42)24(5)53-54(48,49)50)17-31(43)28(15-22(2)3)37-35(47)30-9-8-11-40(30)33(45)10-12-52-14-13-51-6/h19,21-22,24-25,27-30,41H,7-18,20H2,1-6H3,(H,37,47)(H,38,46)(H2,48,49,50)/t24-,25-,27-,28+,29+,30+/m1/s1. The lowest BCUT2D eigenvalue weighted by atomic mass is 9.89. The van der Waals surface area contributed by atoms with Crippen LogP contribution in [-0.2, 0) is 60.3 Å². The number of hydrogen-bond acceptors (Lipinski definition) is 12. The van der Waals surface area contributed by atoms with Gasteiger partial charge in [-0.2, -0.15) is 0 Å². The van der Waals surface area contributed by atoms with Gasteiger partial charge in [-0.05, 0) is 46.0 Å². The summed E-state index contributed by atoms with van der Waals surface area (Å²) < 4.78 is 28.1. The minimum Gasteiger partial charge on any atom is -0.394 e. The number of likely N-dealkylation sites (tertiary alicyclic amines) is 1. The molecule has 2 rings (SSSR count). The molecule has 0 aromatic carbocycles. The smallest absolute Gasteiger partial charge is 0.394 e. The van der Waals surface area contributed by atoms with Gasteiger partial charge in [0.2, 0.25) is 17.7 Å². The van der Waals surface area contributed by atoms with Crippen molar-refractivity contribution in [3.63, 3.8) is 0 Å². The van der Waals surface area contributed by atoms with E-state index in [-0.39, 0.29) is 44.1 Å². The molecule has 6 atom stereocenters. The Morgan fingerprint density at radius 2 is 1.70 bits per heavy atom. The lowest BCUT2D eigenvalue weighted by molar-refractivity contribution is -0.140. The highest BCUT2D eigenvalue weighted by molar-refractivity contribution is 7.46. The number of aliphatic hydroxyl groups excluding tert-OH is 1. The molecule has 0 aliphatic carbocycles. The summed E-state index contributed by atoms with van der Waals surface area (Å²) in [5.74, 6) is -5.73. The van der Waals surface area contributed by atoms with Crippen molar-refractivity contribution in [1.29, 1.82) is 0 Å². The minimum absolute atomic E-state index is 0.0146. The Hall–Kier alpha value is -3.38. The molecule has 0 saturated carbocycles.